The molecule has 0 bridgehead atoms. The number of aliphatic hydroxyl groups excluding tert-OH is 8. The molecule has 0 aromatic carbocycles. The summed E-state index contributed by atoms with van der Waals surface area (Å²) in [7, 11) is 0. The van der Waals surface area contributed by atoms with Crippen molar-refractivity contribution in [3.8, 4) is 0 Å². The third-order valence-corrected chi connectivity index (χ3v) is 16.9. The highest BCUT2D eigenvalue weighted by Gasteiger charge is 2.51. The van der Waals surface area contributed by atoms with Gasteiger partial charge >= 0.3 is 0 Å². The minimum atomic E-state index is -1.79. The molecular formula is C72H129NO13. The quantitative estimate of drug-likeness (QED) is 0.0204. The highest BCUT2D eigenvalue weighted by atomic mass is 16.7. The number of aliphatic hydroxyl groups is 8. The highest BCUT2D eigenvalue weighted by Crippen LogP contribution is 2.30. The highest BCUT2D eigenvalue weighted by molar-refractivity contribution is 5.76. The first kappa shape index (κ1) is 79.5. The minimum absolute atomic E-state index is 0.176. The van der Waals surface area contributed by atoms with Crippen LogP contribution in [0.2, 0.25) is 0 Å². The second-order valence-electron chi connectivity index (χ2n) is 24.6. The summed E-state index contributed by atoms with van der Waals surface area (Å²) < 4.78 is 22.9. The van der Waals surface area contributed by atoms with Gasteiger partial charge in [-0.2, -0.15) is 0 Å². The molecule has 2 saturated heterocycles. The van der Waals surface area contributed by atoms with Gasteiger partial charge in [-0.15, -0.1) is 0 Å². The summed E-state index contributed by atoms with van der Waals surface area (Å²) in [4.78, 5) is 13.3. The molecule has 86 heavy (non-hydrogen) atoms. The Balaban J connectivity index is 1.66. The van der Waals surface area contributed by atoms with Gasteiger partial charge in [0.2, 0.25) is 5.91 Å². The molecule has 0 aromatic rings. The van der Waals surface area contributed by atoms with Gasteiger partial charge in [-0.25, -0.2) is 0 Å². The minimum Gasteiger partial charge on any atom is -0.394 e. The molecule has 0 aromatic heterocycles. The Labute approximate surface area is 523 Å². The number of unbranched alkanes of at least 4 members (excludes halogenated alkanes) is 32. The molecule has 2 rings (SSSR count). The van der Waals surface area contributed by atoms with Crippen molar-refractivity contribution in [3.63, 3.8) is 0 Å². The van der Waals surface area contributed by atoms with Crippen molar-refractivity contribution in [2.75, 3.05) is 19.8 Å². The van der Waals surface area contributed by atoms with Crippen LogP contribution < -0.4 is 5.32 Å². The van der Waals surface area contributed by atoms with E-state index >= 15 is 0 Å². The molecule has 14 heteroatoms. The number of nitrogens with one attached hydrogen (secondary N) is 1. The SMILES string of the molecule is CC/C=C\C/C=C\C/C=C\C/C=C\C/C=C\C/C=C\CCC(=O)NC(COC1OC(CO)C(OC2OC(CO)C(O)C(O)C2O)C(O)C1O)C(O)CCCCCCCCCCCCCCCCCCCCCCCCCCCCCCCCCCC. The molecule has 0 spiro atoms. The molecule has 9 N–H and O–H groups in total. The standard InChI is InChI=1S/C72H129NO13/c1-3-5-7-9-11-13-15-17-19-21-23-24-25-26-27-28-29-30-31-32-33-34-35-36-38-39-41-43-45-47-49-51-53-55-61(76)60(73-64(77)56-54-52-50-48-46-44-42-40-37-22-20-18-16-14-12-10-8-6-4-2)59-83-71-69(82)67(80)70(63(58-75)85-71)86-72-68(81)66(79)65(78)62(57-74)84-72/h6,8,12,14,18,20,37,40,44,46,50,52,60-63,65-72,74-76,78-82H,3-5,7,9-11,13,15-17,19,21-36,38-39,41-43,45,47-49,51,53-59H2,1-2H3,(H,73,77)/b8-6-,14-12-,20-18-,40-37-,46-44-,52-50-. The van der Waals surface area contributed by atoms with Crippen molar-refractivity contribution in [1.82, 2.24) is 5.32 Å². The molecule has 2 fully saturated rings. The number of allylic oxidation sites excluding steroid dienone is 12. The van der Waals surface area contributed by atoms with Crippen molar-refractivity contribution in [2.45, 2.75) is 357 Å². The van der Waals surface area contributed by atoms with Crippen molar-refractivity contribution < 1.29 is 64.6 Å². The van der Waals surface area contributed by atoms with Crippen LogP contribution >= 0.6 is 0 Å². The Kier molecular flexibility index (Phi) is 52.2. The maximum Gasteiger partial charge on any atom is 0.220 e. The average molecular weight is 1220 g/mol. The average Bonchev–Trinajstić information content (AvgIpc) is 2.46. The van der Waals surface area contributed by atoms with E-state index in [4.69, 9.17) is 18.9 Å². The molecule has 2 aliphatic heterocycles. The van der Waals surface area contributed by atoms with Crippen LogP contribution in [-0.2, 0) is 23.7 Å². The summed E-state index contributed by atoms with van der Waals surface area (Å²) >= 11 is 0. The molecule has 0 radical (unpaired) electrons. The van der Waals surface area contributed by atoms with Gasteiger partial charge in [0.1, 0.15) is 48.8 Å². The van der Waals surface area contributed by atoms with Gasteiger partial charge in [-0.3, -0.25) is 4.79 Å². The van der Waals surface area contributed by atoms with E-state index < -0.39 is 86.8 Å². The Bertz CT molecular complexity index is 1720. The van der Waals surface area contributed by atoms with Crippen LogP contribution in [0.15, 0.2) is 72.9 Å². The molecular weight excluding hydrogens is 1090 g/mol. The van der Waals surface area contributed by atoms with Crippen LogP contribution in [0.4, 0.5) is 0 Å². The number of carbonyl (C=O) groups excluding carboxylic acids is 1. The Morgan fingerprint density at radius 2 is 0.779 bits per heavy atom. The molecule has 2 aliphatic rings. The van der Waals surface area contributed by atoms with E-state index in [1.165, 1.54) is 186 Å². The second kappa shape index (κ2) is 56.4. The molecule has 2 heterocycles. The lowest BCUT2D eigenvalue weighted by Crippen LogP contribution is -2.65. The normalized spacial score (nSPS) is 23.8. The van der Waals surface area contributed by atoms with E-state index in [9.17, 15) is 45.6 Å². The monoisotopic (exact) mass is 1220 g/mol. The molecule has 500 valence electrons. The summed E-state index contributed by atoms with van der Waals surface area (Å²) in [6.45, 7) is 2.72. The first-order valence-electron chi connectivity index (χ1n) is 35.2. The van der Waals surface area contributed by atoms with Gasteiger partial charge in [0.05, 0.1) is 32.0 Å². The summed E-state index contributed by atoms with van der Waals surface area (Å²) in [5.41, 5.74) is 0. The predicted molar refractivity (Wildman–Crippen MR) is 350 cm³/mol. The Morgan fingerprint density at radius 3 is 1.16 bits per heavy atom. The van der Waals surface area contributed by atoms with Crippen LogP contribution in [0.5, 0.6) is 0 Å². The van der Waals surface area contributed by atoms with Crippen LogP contribution in [-0.4, -0.2) is 140 Å². The number of carbonyl (C=O) groups is 1. The molecule has 14 nitrogen and oxygen atoms in total. The molecule has 0 saturated carbocycles. The maximum absolute atomic E-state index is 13.3. The maximum atomic E-state index is 13.3. The van der Waals surface area contributed by atoms with Gasteiger partial charge in [-0.1, -0.05) is 299 Å². The Morgan fingerprint density at radius 1 is 0.430 bits per heavy atom. The van der Waals surface area contributed by atoms with Gasteiger partial charge < -0.3 is 65.1 Å². The lowest BCUT2D eigenvalue weighted by atomic mass is 9.97. The summed E-state index contributed by atoms with van der Waals surface area (Å²) in [5.74, 6) is -0.287. The topological polar surface area (TPSA) is 228 Å². The number of hydrogen-bond acceptors (Lipinski definition) is 13. The third-order valence-electron chi connectivity index (χ3n) is 16.9. The summed E-state index contributed by atoms with van der Waals surface area (Å²) in [6.07, 6.45) is 59.5. The predicted octanol–water partition coefficient (Wildman–Crippen LogP) is 14.2. The van der Waals surface area contributed by atoms with Crippen molar-refractivity contribution in [2.24, 2.45) is 0 Å². The summed E-state index contributed by atoms with van der Waals surface area (Å²) in [5, 5.41) is 87.5. The van der Waals surface area contributed by atoms with Crippen molar-refractivity contribution >= 4 is 5.91 Å². The van der Waals surface area contributed by atoms with E-state index in [0.717, 1.165) is 64.2 Å². The first-order valence-corrected chi connectivity index (χ1v) is 35.2. The second-order valence-corrected chi connectivity index (χ2v) is 24.6. The van der Waals surface area contributed by atoms with Gasteiger partial charge in [-0.05, 0) is 51.4 Å². The smallest absolute Gasteiger partial charge is 0.220 e. The molecule has 0 aliphatic carbocycles. The van der Waals surface area contributed by atoms with E-state index in [1.54, 1.807) is 0 Å². The lowest BCUT2D eigenvalue weighted by molar-refractivity contribution is -0.359. The lowest BCUT2D eigenvalue weighted by Gasteiger charge is -2.46. The number of amides is 1. The number of hydrogen-bond donors (Lipinski definition) is 9. The largest absolute Gasteiger partial charge is 0.394 e. The zero-order valence-corrected chi connectivity index (χ0v) is 54.3. The first-order chi connectivity index (χ1) is 42.1. The van der Waals surface area contributed by atoms with E-state index in [-0.39, 0.29) is 18.9 Å². The fraction of sp³-hybridized carbons (Fsp3) is 0.819. The van der Waals surface area contributed by atoms with Gasteiger partial charge in [0.15, 0.2) is 12.6 Å². The van der Waals surface area contributed by atoms with E-state index in [2.05, 4.69) is 79.9 Å². The Hall–Kier alpha value is -2.57. The van der Waals surface area contributed by atoms with Crippen molar-refractivity contribution in [1.29, 1.82) is 0 Å². The molecule has 1 amide bonds. The van der Waals surface area contributed by atoms with Crippen molar-refractivity contribution in [3.05, 3.63) is 72.9 Å². The van der Waals surface area contributed by atoms with Crippen LogP contribution in [0.3, 0.4) is 0 Å². The third kappa shape index (κ3) is 40.2. The van der Waals surface area contributed by atoms with Crippen LogP contribution in [0, 0.1) is 0 Å². The van der Waals surface area contributed by atoms with Gasteiger partial charge in [0.25, 0.3) is 0 Å². The fourth-order valence-corrected chi connectivity index (χ4v) is 11.4. The zero-order chi connectivity index (χ0) is 62.3. The van der Waals surface area contributed by atoms with E-state index in [1.807, 2.05) is 12.2 Å². The van der Waals surface area contributed by atoms with Crippen LogP contribution in [0.1, 0.15) is 284 Å². The van der Waals surface area contributed by atoms with E-state index in [0.29, 0.717) is 12.8 Å². The van der Waals surface area contributed by atoms with Crippen LogP contribution in [0.25, 0.3) is 0 Å². The number of rotatable bonds is 57. The summed E-state index contributed by atoms with van der Waals surface area (Å²) in [6, 6.07) is -0.875. The zero-order valence-electron chi connectivity index (χ0n) is 54.3. The molecule has 12 atom stereocenters. The fourth-order valence-electron chi connectivity index (χ4n) is 11.4. The van der Waals surface area contributed by atoms with Gasteiger partial charge in [0, 0.05) is 6.42 Å². The molecule has 12 unspecified atom stereocenters. The number of ether oxygens (including phenoxy) is 4.